The van der Waals surface area contributed by atoms with Crippen molar-refractivity contribution in [3.8, 4) is 5.75 Å². The van der Waals surface area contributed by atoms with Gasteiger partial charge in [-0.3, -0.25) is 4.79 Å². The fraction of sp³-hybridized carbons (Fsp3) is 0.226. The Morgan fingerprint density at radius 2 is 1.58 bits per heavy atom. The highest BCUT2D eigenvalue weighted by atomic mass is 16.5. The highest BCUT2D eigenvalue weighted by Crippen LogP contribution is 2.43. The van der Waals surface area contributed by atoms with Crippen LogP contribution >= 0.6 is 0 Å². The molecule has 5 rings (SSSR count). The third-order valence-electron chi connectivity index (χ3n) is 6.65. The molecule has 5 nitrogen and oxygen atoms in total. The Kier molecular flexibility index (Phi) is 6.99. The minimum atomic E-state index is -0.502. The van der Waals surface area contributed by atoms with Crippen molar-refractivity contribution in [2.24, 2.45) is 0 Å². The average Bonchev–Trinajstić information content (AvgIpc) is 2.91. The van der Waals surface area contributed by atoms with E-state index in [1.54, 1.807) is 0 Å². The van der Waals surface area contributed by atoms with Gasteiger partial charge in [-0.15, -0.1) is 0 Å². The number of allylic oxidation sites excluding steroid dienone is 3. The Bertz CT molecular complexity index is 1320. The van der Waals surface area contributed by atoms with Crippen LogP contribution in [0.5, 0.6) is 5.75 Å². The SMILES string of the molecule is CC1=C(C(=O)OCc2ccccc2)C(c2cccc(OCc3ccccc3)c2)C2=C(CCCC2=O)N1. The van der Waals surface area contributed by atoms with Gasteiger partial charge in [0, 0.05) is 29.3 Å². The molecule has 1 atom stereocenters. The van der Waals surface area contributed by atoms with Crippen LogP contribution in [0.25, 0.3) is 0 Å². The maximum absolute atomic E-state index is 13.5. The number of nitrogens with one attached hydrogen (secondary N) is 1. The zero-order valence-corrected chi connectivity index (χ0v) is 20.3. The molecule has 0 fully saturated rings. The number of esters is 1. The number of dihydropyridines is 1. The first-order chi connectivity index (χ1) is 17.6. The highest BCUT2D eigenvalue weighted by Gasteiger charge is 2.39. The van der Waals surface area contributed by atoms with Gasteiger partial charge < -0.3 is 14.8 Å². The number of Topliss-reactive ketones (excluding diaryl/α,β-unsaturated/α-hetero) is 1. The molecular formula is C31H29NO4. The van der Waals surface area contributed by atoms with Crippen molar-refractivity contribution in [3.05, 3.63) is 124 Å². The Morgan fingerprint density at radius 1 is 0.889 bits per heavy atom. The molecule has 1 heterocycles. The van der Waals surface area contributed by atoms with Crippen LogP contribution in [0, 0.1) is 0 Å². The average molecular weight is 480 g/mol. The molecule has 36 heavy (non-hydrogen) atoms. The molecule has 1 aliphatic heterocycles. The van der Waals surface area contributed by atoms with Gasteiger partial charge in [-0.1, -0.05) is 72.8 Å². The third kappa shape index (κ3) is 5.10. The third-order valence-corrected chi connectivity index (χ3v) is 6.65. The van der Waals surface area contributed by atoms with Crippen LogP contribution < -0.4 is 10.1 Å². The summed E-state index contributed by atoms with van der Waals surface area (Å²) in [6.45, 7) is 2.48. The number of rotatable bonds is 7. The van der Waals surface area contributed by atoms with Crippen molar-refractivity contribution in [3.63, 3.8) is 0 Å². The molecule has 1 unspecified atom stereocenters. The molecule has 0 amide bonds. The second kappa shape index (κ2) is 10.6. The minimum Gasteiger partial charge on any atom is -0.489 e. The summed E-state index contributed by atoms with van der Waals surface area (Å²) in [6.07, 6.45) is 2.07. The summed E-state index contributed by atoms with van der Waals surface area (Å²) in [4.78, 5) is 26.6. The van der Waals surface area contributed by atoms with Gasteiger partial charge >= 0.3 is 5.97 Å². The van der Waals surface area contributed by atoms with E-state index < -0.39 is 11.9 Å². The van der Waals surface area contributed by atoms with Gasteiger partial charge in [0.2, 0.25) is 0 Å². The Hall–Kier alpha value is -4.12. The number of benzene rings is 3. The fourth-order valence-electron chi connectivity index (χ4n) is 4.91. The van der Waals surface area contributed by atoms with Crippen molar-refractivity contribution in [2.45, 2.75) is 45.3 Å². The van der Waals surface area contributed by atoms with E-state index in [4.69, 9.17) is 9.47 Å². The van der Waals surface area contributed by atoms with Crippen LogP contribution in [0.3, 0.4) is 0 Å². The van der Waals surface area contributed by atoms with E-state index in [0.29, 0.717) is 29.9 Å². The first-order valence-electron chi connectivity index (χ1n) is 12.3. The summed E-state index contributed by atoms with van der Waals surface area (Å²) in [6, 6.07) is 27.3. The summed E-state index contributed by atoms with van der Waals surface area (Å²) in [5, 5.41) is 3.35. The van der Waals surface area contributed by atoms with Gasteiger partial charge in [0.15, 0.2) is 5.78 Å². The van der Waals surface area contributed by atoms with Gasteiger partial charge in [-0.2, -0.15) is 0 Å². The molecule has 5 heteroatoms. The summed E-state index contributed by atoms with van der Waals surface area (Å²) >= 11 is 0. The normalized spacial score (nSPS) is 17.4. The second-order valence-corrected chi connectivity index (χ2v) is 9.17. The van der Waals surface area contributed by atoms with E-state index in [9.17, 15) is 9.59 Å². The van der Waals surface area contributed by atoms with E-state index in [1.165, 1.54) is 0 Å². The number of hydrogen-bond donors (Lipinski definition) is 1. The quantitative estimate of drug-likeness (QED) is 0.423. The van der Waals surface area contributed by atoms with Crippen molar-refractivity contribution in [1.29, 1.82) is 0 Å². The van der Waals surface area contributed by atoms with E-state index in [0.717, 1.165) is 40.9 Å². The maximum atomic E-state index is 13.5. The first-order valence-corrected chi connectivity index (χ1v) is 12.3. The minimum absolute atomic E-state index is 0.0743. The van der Waals surface area contributed by atoms with Gasteiger partial charge in [0.25, 0.3) is 0 Å². The largest absolute Gasteiger partial charge is 0.489 e. The van der Waals surface area contributed by atoms with Crippen molar-refractivity contribution >= 4 is 11.8 Å². The lowest BCUT2D eigenvalue weighted by atomic mass is 9.75. The molecule has 3 aromatic rings. The van der Waals surface area contributed by atoms with E-state index in [2.05, 4.69) is 5.32 Å². The molecule has 0 radical (unpaired) electrons. The number of hydrogen-bond acceptors (Lipinski definition) is 5. The molecule has 0 bridgehead atoms. The molecular weight excluding hydrogens is 450 g/mol. The van der Waals surface area contributed by atoms with Crippen LogP contribution in [0.2, 0.25) is 0 Å². The second-order valence-electron chi connectivity index (χ2n) is 9.17. The molecule has 1 N–H and O–H groups in total. The van der Waals surface area contributed by atoms with Crippen LogP contribution in [0.4, 0.5) is 0 Å². The molecule has 182 valence electrons. The van der Waals surface area contributed by atoms with Crippen molar-refractivity contribution < 1.29 is 19.1 Å². The van der Waals surface area contributed by atoms with Crippen molar-refractivity contribution in [1.82, 2.24) is 5.32 Å². The Balaban J connectivity index is 1.46. The maximum Gasteiger partial charge on any atom is 0.337 e. The number of carbonyl (C=O) groups is 2. The lowest BCUT2D eigenvalue weighted by Crippen LogP contribution is -2.34. The molecule has 0 saturated heterocycles. The first kappa shape index (κ1) is 23.6. The molecule has 0 aromatic heterocycles. The smallest absolute Gasteiger partial charge is 0.337 e. The summed E-state index contributed by atoms with van der Waals surface area (Å²) in [7, 11) is 0. The van der Waals surface area contributed by atoms with Crippen LogP contribution in [-0.4, -0.2) is 11.8 Å². The van der Waals surface area contributed by atoms with Gasteiger partial charge in [-0.05, 0) is 48.6 Å². The molecule has 0 saturated carbocycles. The Labute approximate surface area is 211 Å². The highest BCUT2D eigenvalue weighted by molar-refractivity contribution is 6.03. The van der Waals surface area contributed by atoms with Crippen LogP contribution in [-0.2, 0) is 27.5 Å². The molecule has 1 aliphatic carbocycles. The predicted octanol–water partition coefficient (Wildman–Crippen LogP) is 5.98. The van der Waals surface area contributed by atoms with Crippen LogP contribution in [0.15, 0.2) is 107 Å². The lowest BCUT2D eigenvalue weighted by Gasteiger charge is -2.34. The lowest BCUT2D eigenvalue weighted by molar-refractivity contribution is -0.140. The zero-order valence-electron chi connectivity index (χ0n) is 20.3. The summed E-state index contributed by atoms with van der Waals surface area (Å²) in [5.41, 5.74) is 5.59. The van der Waals surface area contributed by atoms with Gasteiger partial charge in [-0.25, -0.2) is 4.79 Å². The number of carbonyl (C=O) groups excluding carboxylic acids is 2. The van der Waals surface area contributed by atoms with Crippen LogP contribution in [0.1, 0.15) is 48.8 Å². The Morgan fingerprint density at radius 3 is 2.31 bits per heavy atom. The topological polar surface area (TPSA) is 64.6 Å². The van der Waals surface area contributed by atoms with Gasteiger partial charge in [0.1, 0.15) is 19.0 Å². The fourth-order valence-corrected chi connectivity index (χ4v) is 4.91. The van der Waals surface area contributed by atoms with Gasteiger partial charge in [0.05, 0.1) is 5.57 Å². The standard InChI is InChI=1S/C31H29NO4/c1-21-28(31(34)36-20-23-12-6-3-7-13-23)29(30-26(32-21)16-9-17-27(30)33)24-14-8-15-25(18-24)35-19-22-10-4-2-5-11-22/h2-8,10-15,18,29,32H,9,16-17,19-20H2,1H3. The van der Waals surface area contributed by atoms with E-state index >= 15 is 0 Å². The van der Waals surface area contributed by atoms with E-state index in [1.807, 2.05) is 91.9 Å². The van der Waals surface area contributed by atoms with E-state index in [-0.39, 0.29) is 12.4 Å². The zero-order chi connectivity index (χ0) is 24.9. The van der Waals surface area contributed by atoms with Crippen molar-refractivity contribution in [2.75, 3.05) is 0 Å². The molecule has 2 aliphatic rings. The molecule has 0 spiro atoms. The summed E-state index contributed by atoms with van der Waals surface area (Å²) in [5.74, 6) is -0.160. The number of ketones is 1. The summed E-state index contributed by atoms with van der Waals surface area (Å²) < 4.78 is 11.8. The molecule has 3 aromatic carbocycles. The monoisotopic (exact) mass is 479 g/mol. The predicted molar refractivity (Wildman–Crippen MR) is 138 cm³/mol. The number of ether oxygens (including phenoxy) is 2.